The van der Waals surface area contributed by atoms with Crippen LogP contribution in [0.1, 0.15) is 31.4 Å². The lowest BCUT2D eigenvalue weighted by Crippen LogP contribution is -2.41. The largest absolute Gasteiger partial charge is 0.481 e. The summed E-state index contributed by atoms with van der Waals surface area (Å²) >= 11 is 0. The van der Waals surface area contributed by atoms with Gasteiger partial charge < -0.3 is 15.9 Å². The Balaban J connectivity index is 2.95. The van der Waals surface area contributed by atoms with Crippen LogP contribution in [0.2, 0.25) is 0 Å². The zero-order valence-electron chi connectivity index (χ0n) is 11.6. The average molecular weight is 265 g/mol. The second kappa shape index (κ2) is 6.68. The maximum Gasteiger partial charge on any atom is 0.311 e. The Labute approximate surface area is 114 Å². The normalized spacial score (nSPS) is 14.4. The van der Waals surface area contributed by atoms with Crippen molar-refractivity contribution in [2.75, 3.05) is 6.54 Å². The zero-order valence-corrected chi connectivity index (χ0v) is 11.6. The quantitative estimate of drug-likeness (QED) is 0.702. The SMILES string of the molecule is CC(C)CC(CN)(Cc1ccc(CO)cc1)C(=O)O. The molecule has 0 saturated carbocycles. The Morgan fingerprint density at radius 3 is 2.16 bits per heavy atom. The molecule has 0 heterocycles. The highest BCUT2D eigenvalue weighted by Crippen LogP contribution is 2.30. The monoisotopic (exact) mass is 265 g/mol. The number of aliphatic carboxylic acids is 1. The van der Waals surface area contributed by atoms with Gasteiger partial charge in [-0.2, -0.15) is 0 Å². The van der Waals surface area contributed by atoms with Gasteiger partial charge in [-0.25, -0.2) is 0 Å². The maximum absolute atomic E-state index is 11.6. The van der Waals surface area contributed by atoms with E-state index >= 15 is 0 Å². The van der Waals surface area contributed by atoms with Crippen LogP contribution in [0.3, 0.4) is 0 Å². The van der Waals surface area contributed by atoms with Crippen LogP contribution in [0.4, 0.5) is 0 Å². The van der Waals surface area contributed by atoms with Gasteiger partial charge in [0.1, 0.15) is 0 Å². The van der Waals surface area contributed by atoms with E-state index in [-0.39, 0.29) is 19.1 Å². The molecule has 0 amide bonds. The molecule has 19 heavy (non-hydrogen) atoms. The van der Waals surface area contributed by atoms with Crippen molar-refractivity contribution in [1.29, 1.82) is 0 Å². The summed E-state index contributed by atoms with van der Waals surface area (Å²) in [5.41, 5.74) is 6.59. The van der Waals surface area contributed by atoms with E-state index < -0.39 is 11.4 Å². The summed E-state index contributed by atoms with van der Waals surface area (Å²) in [6.45, 7) is 4.12. The van der Waals surface area contributed by atoms with Crippen LogP contribution in [0.15, 0.2) is 24.3 Å². The second-order valence-corrected chi connectivity index (χ2v) is 5.54. The van der Waals surface area contributed by atoms with Crippen molar-refractivity contribution in [3.05, 3.63) is 35.4 Å². The first-order valence-electron chi connectivity index (χ1n) is 6.55. The van der Waals surface area contributed by atoms with E-state index in [0.717, 1.165) is 11.1 Å². The Kier molecular flexibility index (Phi) is 5.51. The van der Waals surface area contributed by atoms with E-state index in [2.05, 4.69) is 0 Å². The molecular weight excluding hydrogens is 242 g/mol. The van der Waals surface area contributed by atoms with Crippen molar-refractivity contribution in [1.82, 2.24) is 0 Å². The third kappa shape index (κ3) is 4.04. The molecule has 0 aliphatic carbocycles. The lowest BCUT2D eigenvalue weighted by atomic mass is 9.75. The predicted molar refractivity (Wildman–Crippen MR) is 74.6 cm³/mol. The minimum atomic E-state index is -0.908. The van der Waals surface area contributed by atoms with Crippen LogP contribution in [-0.2, 0) is 17.8 Å². The average Bonchev–Trinajstić information content (AvgIpc) is 2.38. The molecule has 0 aromatic heterocycles. The Hall–Kier alpha value is -1.39. The first-order valence-corrected chi connectivity index (χ1v) is 6.55. The summed E-state index contributed by atoms with van der Waals surface area (Å²) in [6, 6.07) is 7.35. The topological polar surface area (TPSA) is 83.5 Å². The van der Waals surface area contributed by atoms with E-state index in [9.17, 15) is 9.90 Å². The Morgan fingerprint density at radius 1 is 1.26 bits per heavy atom. The van der Waals surface area contributed by atoms with Gasteiger partial charge in [0.25, 0.3) is 0 Å². The third-order valence-corrected chi connectivity index (χ3v) is 3.39. The fourth-order valence-electron chi connectivity index (χ4n) is 2.41. The number of hydrogen-bond donors (Lipinski definition) is 3. The van der Waals surface area contributed by atoms with Gasteiger partial charge >= 0.3 is 5.97 Å². The fraction of sp³-hybridized carbons (Fsp3) is 0.533. The van der Waals surface area contributed by atoms with Gasteiger partial charge in [-0.3, -0.25) is 4.79 Å². The van der Waals surface area contributed by atoms with E-state index in [1.54, 1.807) is 0 Å². The van der Waals surface area contributed by atoms with Crippen molar-refractivity contribution in [2.45, 2.75) is 33.3 Å². The Bertz CT molecular complexity index is 414. The molecular formula is C15H23NO3. The molecule has 0 spiro atoms. The van der Waals surface area contributed by atoms with Crippen LogP contribution in [-0.4, -0.2) is 22.7 Å². The molecule has 0 aliphatic heterocycles. The lowest BCUT2D eigenvalue weighted by molar-refractivity contribution is -0.149. The van der Waals surface area contributed by atoms with Gasteiger partial charge in [0.15, 0.2) is 0 Å². The number of carbonyl (C=O) groups is 1. The summed E-state index contributed by atoms with van der Waals surface area (Å²) in [7, 11) is 0. The molecule has 1 rings (SSSR count). The smallest absolute Gasteiger partial charge is 0.311 e. The third-order valence-electron chi connectivity index (χ3n) is 3.39. The summed E-state index contributed by atoms with van der Waals surface area (Å²) in [5.74, 6) is -0.564. The molecule has 1 aromatic rings. The van der Waals surface area contributed by atoms with Gasteiger partial charge in [-0.15, -0.1) is 0 Å². The van der Waals surface area contributed by atoms with E-state index in [0.29, 0.717) is 12.8 Å². The number of hydrogen-bond acceptors (Lipinski definition) is 3. The molecule has 0 aliphatic rings. The highest BCUT2D eigenvalue weighted by molar-refractivity contribution is 5.75. The fourth-order valence-corrected chi connectivity index (χ4v) is 2.41. The second-order valence-electron chi connectivity index (χ2n) is 5.54. The lowest BCUT2D eigenvalue weighted by Gasteiger charge is -2.30. The van der Waals surface area contributed by atoms with Crippen LogP contribution in [0.25, 0.3) is 0 Å². The molecule has 1 atom stereocenters. The van der Waals surface area contributed by atoms with Crippen molar-refractivity contribution in [3.8, 4) is 0 Å². The maximum atomic E-state index is 11.6. The molecule has 0 bridgehead atoms. The van der Waals surface area contributed by atoms with E-state index in [1.807, 2.05) is 38.1 Å². The van der Waals surface area contributed by atoms with Gasteiger partial charge in [-0.1, -0.05) is 38.1 Å². The molecule has 0 fully saturated rings. The van der Waals surface area contributed by atoms with E-state index in [4.69, 9.17) is 10.8 Å². The number of aliphatic hydroxyl groups is 1. The van der Waals surface area contributed by atoms with Crippen LogP contribution >= 0.6 is 0 Å². The molecule has 4 N–H and O–H groups in total. The zero-order chi connectivity index (χ0) is 14.5. The molecule has 1 aromatic carbocycles. The molecule has 4 heteroatoms. The van der Waals surface area contributed by atoms with Crippen molar-refractivity contribution in [2.24, 2.45) is 17.1 Å². The number of carboxylic acid groups (broad SMARTS) is 1. The van der Waals surface area contributed by atoms with Gasteiger partial charge in [0, 0.05) is 6.54 Å². The minimum Gasteiger partial charge on any atom is -0.481 e. The van der Waals surface area contributed by atoms with Crippen LogP contribution in [0, 0.1) is 11.3 Å². The predicted octanol–water partition coefficient (Wildman–Crippen LogP) is 1.80. The van der Waals surface area contributed by atoms with Crippen molar-refractivity contribution >= 4 is 5.97 Å². The van der Waals surface area contributed by atoms with E-state index in [1.165, 1.54) is 0 Å². The molecule has 0 radical (unpaired) electrons. The first kappa shape index (κ1) is 15.7. The number of carboxylic acids is 1. The molecule has 1 unspecified atom stereocenters. The highest BCUT2D eigenvalue weighted by atomic mass is 16.4. The number of benzene rings is 1. The standard InChI is InChI=1S/C15H23NO3/c1-11(2)7-15(10-16,14(18)19)8-12-3-5-13(9-17)6-4-12/h3-6,11,17H,7-10,16H2,1-2H3,(H,18,19). The van der Waals surface area contributed by atoms with Crippen molar-refractivity contribution in [3.63, 3.8) is 0 Å². The number of rotatable bonds is 7. The van der Waals surface area contributed by atoms with Gasteiger partial charge in [0.05, 0.1) is 12.0 Å². The van der Waals surface area contributed by atoms with Gasteiger partial charge in [0.2, 0.25) is 0 Å². The summed E-state index contributed by atoms with van der Waals surface area (Å²) < 4.78 is 0. The van der Waals surface area contributed by atoms with Crippen molar-refractivity contribution < 1.29 is 15.0 Å². The minimum absolute atomic E-state index is 0.00671. The highest BCUT2D eigenvalue weighted by Gasteiger charge is 2.37. The molecule has 0 saturated heterocycles. The Morgan fingerprint density at radius 2 is 1.79 bits per heavy atom. The van der Waals surface area contributed by atoms with Crippen LogP contribution in [0.5, 0.6) is 0 Å². The first-order chi connectivity index (χ1) is 8.93. The summed E-state index contributed by atoms with van der Waals surface area (Å²) in [5, 5.41) is 18.5. The van der Waals surface area contributed by atoms with Crippen LogP contribution < -0.4 is 5.73 Å². The number of nitrogens with two attached hydrogens (primary N) is 1. The number of aliphatic hydroxyl groups excluding tert-OH is 1. The molecule has 4 nitrogen and oxygen atoms in total. The summed E-state index contributed by atoms with van der Waals surface area (Å²) in [6.07, 6.45) is 0.976. The van der Waals surface area contributed by atoms with Gasteiger partial charge in [-0.05, 0) is 29.9 Å². The molecule has 106 valence electrons. The summed E-state index contributed by atoms with van der Waals surface area (Å²) in [4.78, 5) is 11.6.